The van der Waals surface area contributed by atoms with Gasteiger partial charge in [0, 0.05) is 18.7 Å². The van der Waals surface area contributed by atoms with Crippen LogP contribution in [0.2, 0.25) is 0 Å². The van der Waals surface area contributed by atoms with Gasteiger partial charge in [-0.25, -0.2) is 13.2 Å². The molecule has 0 amide bonds. The van der Waals surface area contributed by atoms with Crippen LogP contribution in [0.15, 0.2) is 36.4 Å². The van der Waals surface area contributed by atoms with E-state index in [1.54, 1.807) is 24.3 Å². The molecule has 5 heteroatoms. The molecule has 0 bridgehead atoms. The van der Waals surface area contributed by atoms with Crippen molar-refractivity contribution in [2.75, 3.05) is 5.32 Å². The normalized spacial score (nSPS) is 10.0. The van der Waals surface area contributed by atoms with Crippen LogP contribution in [0.1, 0.15) is 11.1 Å². The van der Waals surface area contributed by atoms with E-state index in [-0.39, 0.29) is 12.2 Å². The largest absolute Gasteiger partial charge is 0.378 e. The predicted octanol–water partition coefficient (Wildman–Crippen LogP) is 3.59. The van der Waals surface area contributed by atoms with Gasteiger partial charge in [0.15, 0.2) is 11.6 Å². The fourth-order valence-electron chi connectivity index (χ4n) is 1.58. The van der Waals surface area contributed by atoms with Crippen molar-refractivity contribution in [1.82, 2.24) is 0 Å². The van der Waals surface area contributed by atoms with Crippen LogP contribution in [0.3, 0.4) is 0 Å². The maximum Gasteiger partial charge on any atom is 0.182 e. The van der Waals surface area contributed by atoms with Gasteiger partial charge in [-0.2, -0.15) is 5.26 Å². The molecule has 2 aromatic rings. The van der Waals surface area contributed by atoms with Crippen LogP contribution in [0, 0.1) is 28.8 Å². The van der Waals surface area contributed by atoms with Crippen molar-refractivity contribution in [3.05, 3.63) is 65.0 Å². The maximum absolute atomic E-state index is 13.4. The summed E-state index contributed by atoms with van der Waals surface area (Å²) in [5, 5.41) is 11.2. The summed E-state index contributed by atoms with van der Waals surface area (Å²) in [7, 11) is 0. The number of rotatable bonds is 3. The smallest absolute Gasteiger partial charge is 0.182 e. The summed E-state index contributed by atoms with van der Waals surface area (Å²) in [4.78, 5) is 0. The Labute approximate surface area is 108 Å². The molecule has 19 heavy (non-hydrogen) atoms. The molecule has 0 aliphatic carbocycles. The lowest BCUT2D eigenvalue weighted by atomic mass is 10.1. The Morgan fingerprint density at radius 2 is 1.74 bits per heavy atom. The number of nitriles is 1. The number of hydrogen-bond donors (Lipinski definition) is 1. The molecule has 0 saturated heterocycles. The molecule has 0 saturated carbocycles. The second kappa shape index (κ2) is 5.44. The minimum absolute atomic E-state index is 0.200. The summed E-state index contributed by atoms with van der Waals surface area (Å²) in [6.07, 6.45) is 0. The highest BCUT2D eigenvalue weighted by atomic mass is 19.2. The van der Waals surface area contributed by atoms with E-state index in [0.717, 1.165) is 11.6 Å². The lowest BCUT2D eigenvalue weighted by Gasteiger charge is -2.08. The second-order valence-electron chi connectivity index (χ2n) is 3.91. The summed E-state index contributed by atoms with van der Waals surface area (Å²) < 4.78 is 39.3. The van der Waals surface area contributed by atoms with Crippen molar-refractivity contribution in [1.29, 1.82) is 5.26 Å². The van der Waals surface area contributed by atoms with Gasteiger partial charge < -0.3 is 5.32 Å². The van der Waals surface area contributed by atoms with Gasteiger partial charge in [-0.05, 0) is 17.7 Å². The number of nitrogens with zero attached hydrogens (tertiary/aromatic N) is 1. The predicted molar refractivity (Wildman–Crippen MR) is 64.8 cm³/mol. The summed E-state index contributed by atoms with van der Waals surface area (Å²) in [5.74, 6) is -3.20. The van der Waals surface area contributed by atoms with Crippen molar-refractivity contribution < 1.29 is 13.2 Å². The second-order valence-corrected chi connectivity index (χ2v) is 3.91. The molecule has 0 unspecified atom stereocenters. The highest BCUT2D eigenvalue weighted by Crippen LogP contribution is 2.19. The van der Waals surface area contributed by atoms with E-state index < -0.39 is 17.5 Å². The average Bonchev–Trinajstić information content (AvgIpc) is 2.41. The standard InChI is InChI=1S/C14H9F3N2/c15-11-5-12(16)14(17)13(6-11)19-8-10-3-1-9(7-18)2-4-10/h1-6,19H,8H2. The van der Waals surface area contributed by atoms with E-state index in [4.69, 9.17) is 5.26 Å². The lowest BCUT2D eigenvalue weighted by Crippen LogP contribution is -2.03. The van der Waals surface area contributed by atoms with Crippen LogP contribution in [-0.2, 0) is 6.54 Å². The summed E-state index contributed by atoms with van der Waals surface area (Å²) in [6, 6.07) is 9.93. The highest BCUT2D eigenvalue weighted by molar-refractivity contribution is 5.46. The molecule has 0 radical (unpaired) electrons. The summed E-state index contributed by atoms with van der Waals surface area (Å²) >= 11 is 0. The van der Waals surface area contributed by atoms with Gasteiger partial charge in [0.1, 0.15) is 5.82 Å². The fraction of sp³-hybridized carbons (Fsp3) is 0.0714. The first-order valence-electron chi connectivity index (χ1n) is 5.47. The zero-order chi connectivity index (χ0) is 13.8. The van der Waals surface area contributed by atoms with Crippen molar-refractivity contribution in [2.45, 2.75) is 6.54 Å². The molecule has 0 heterocycles. The number of halogens is 3. The lowest BCUT2D eigenvalue weighted by molar-refractivity contribution is 0.497. The van der Waals surface area contributed by atoms with Crippen LogP contribution in [0.4, 0.5) is 18.9 Å². The van der Waals surface area contributed by atoms with Crippen LogP contribution in [0.25, 0.3) is 0 Å². The van der Waals surface area contributed by atoms with Crippen molar-refractivity contribution >= 4 is 5.69 Å². The van der Waals surface area contributed by atoms with Crippen LogP contribution >= 0.6 is 0 Å². The highest BCUT2D eigenvalue weighted by Gasteiger charge is 2.10. The monoisotopic (exact) mass is 262 g/mol. The Hall–Kier alpha value is -2.48. The summed E-state index contributed by atoms with van der Waals surface area (Å²) in [6.45, 7) is 0.200. The Morgan fingerprint density at radius 3 is 2.37 bits per heavy atom. The van der Waals surface area contributed by atoms with Crippen molar-refractivity contribution in [3.8, 4) is 6.07 Å². The third-order valence-corrected chi connectivity index (χ3v) is 2.56. The number of nitrogens with one attached hydrogen (secondary N) is 1. The maximum atomic E-state index is 13.4. The Bertz CT molecular complexity index is 630. The third kappa shape index (κ3) is 3.05. The first kappa shape index (κ1) is 13.0. The fourth-order valence-corrected chi connectivity index (χ4v) is 1.58. The molecule has 2 rings (SSSR count). The molecule has 2 nitrogen and oxygen atoms in total. The first-order valence-corrected chi connectivity index (χ1v) is 5.47. The number of benzene rings is 2. The van der Waals surface area contributed by atoms with Crippen molar-refractivity contribution in [2.24, 2.45) is 0 Å². The Morgan fingerprint density at radius 1 is 1.05 bits per heavy atom. The van der Waals surface area contributed by atoms with Crippen molar-refractivity contribution in [3.63, 3.8) is 0 Å². The quantitative estimate of drug-likeness (QED) is 0.858. The molecular formula is C14H9F3N2. The molecule has 0 atom stereocenters. The van der Waals surface area contributed by atoms with Gasteiger partial charge >= 0.3 is 0 Å². The van der Waals surface area contributed by atoms with E-state index >= 15 is 0 Å². The Kier molecular flexibility index (Phi) is 3.71. The molecular weight excluding hydrogens is 253 g/mol. The molecule has 0 aromatic heterocycles. The molecule has 0 aliphatic heterocycles. The zero-order valence-corrected chi connectivity index (χ0v) is 9.75. The van der Waals surface area contributed by atoms with Gasteiger partial charge in [-0.15, -0.1) is 0 Å². The zero-order valence-electron chi connectivity index (χ0n) is 9.75. The van der Waals surface area contributed by atoms with E-state index in [1.807, 2.05) is 6.07 Å². The SMILES string of the molecule is N#Cc1ccc(CNc2cc(F)cc(F)c2F)cc1. The minimum Gasteiger partial charge on any atom is -0.378 e. The van der Waals surface area contributed by atoms with E-state index in [0.29, 0.717) is 11.6 Å². The summed E-state index contributed by atoms with van der Waals surface area (Å²) in [5.41, 5.74) is 1.04. The van der Waals surface area contributed by atoms with Crippen LogP contribution in [0.5, 0.6) is 0 Å². The first-order chi connectivity index (χ1) is 9.10. The van der Waals surface area contributed by atoms with Gasteiger partial charge in [-0.1, -0.05) is 12.1 Å². The minimum atomic E-state index is -1.23. The number of hydrogen-bond acceptors (Lipinski definition) is 2. The van der Waals surface area contributed by atoms with Gasteiger partial charge in [-0.3, -0.25) is 0 Å². The van der Waals surface area contributed by atoms with Crippen LogP contribution < -0.4 is 5.32 Å². The van der Waals surface area contributed by atoms with E-state index in [1.165, 1.54) is 0 Å². The van der Waals surface area contributed by atoms with Gasteiger partial charge in [0.05, 0.1) is 17.3 Å². The van der Waals surface area contributed by atoms with Gasteiger partial charge in [0.2, 0.25) is 0 Å². The van der Waals surface area contributed by atoms with Gasteiger partial charge in [0.25, 0.3) is 0 Å². The van der Waals surface area contributed by atoms with E-state index in [2.05, 4.69) is 5.32 Å². The molecule has 0 aliphatic rings. The molecule has 1 N–H and O–H groups in total. The van der Waals surface area contributed by atoms with E-state index in [9.17, 15) is 13.2 Å². The molecule has 0 fully saturated rings. The average molecular weight is 262 g/mol. The third-order valence-electron chi connectivity index (χ3n) is 2.56. The Balaban J connectivity index is 2.12. The number of anilines is 1. The molecule has 2 aromatic carbocycles. The topological polar surface area (TPSA) is 35.8 Å². The molecule has 0 spiro atoms. The van der Waals surface area contributed by atoms with Crippen LogP contribution in [-0.4, -0.2) is 0 Å². The molecule has 96 valence electrons.